The zero-order valence-corrected chi connectivity index (χ0v) is 15.0. The van der Waals surface area contributed by atoms with Crippen molar-refractivity contribution in [3.05, 3.63) is 29.8 Å². The summed E-state index contributed by atoms with van der Waals surface area (Å²) < 4.78 is 5.53. The molecule has 0 spiro atoms. The Balaban J connectivity index is 0.00000116. The molecule has 1 saturated heterocycles. The highest BCUT2D eigenvalue weighted by atomic mass is 16.6. The number of esters is 1. The zero-order valence-electron chi connectivity index (χ0n) is 15.0. The quantitative estimate of drug-likeness (QED) is 0.749. The third-order valence-corrected chi connectivity index (χ3v) is 3.62. The van der Waals surface area contributed by atoms with Crippen LogP contribution in [0, 0.1) is 12.8 Å². The van der Waals surface area contributed by atoms with Gasteiger partial charge < -0.3 is 9.64 Å². The monoisotopic (exact) mass is 305 g/mol. The third-order valence-electron chi connectivity index (χ3n) is 3.62. The molecule has 1 atom stereocenters. The Labute approximate surface area is 135 Å². The smallest absolute Gasteiger partial charge is 0.311 e. The Kier molecular flexibility index (Phi) is 6.92. The van der Waals surface area contributed by atoms with E-state index in [2.05, 4.69) is 30.0 Å². The normalized spacial score (nSPS) is 18.3. The van der Waals surface area contributed by atoms with Gasteiger partial charge in [-0.15, -0.1) is 0 Å². The van der Waals surface area contributed by atoms with Gasteiger partial charge in [-0.3, -0.25) is 4.79 Å². The number of hydrogen-bond donors (Lipinski definition) is 0. The number of hydrogen-bond acceptors (Lipinski definition) is 3. The average Bonchev–Trinajstić information content (AvgIpc) is 2.48. The number of nitrogens with zero attached hydrogens (tertiary/aromatic N) is 1. The zero-order chi connectivity index (χ0) is 16.8. The Morgan fingerprint density at radius 2 is 1.86 bits per heavy atom. The Bertz CT molecular complexity index is 477. The number of anilines is 1. The van der Waals surface area contributed by atoms with Crippen LogP contribution in [0.4, 0.5) is 5.69 Å². The fraction of sp³-hybridized carbons (Fsp3) is 0.632. The van der Waals surface area contributed by atoms with E-state index in [9.17, 15) is 4.79 Å². The van der Waals surface area contributed by atoms with Gasteiger partial charge in [0.1, 0.15) is 5.60 Å². The van der Waals surface area contributed by atoms with Gasteiger partial charge in [-0.1, -0.05) is 32.0 Å². The van der Waals surface area contributed by atoms with Gasteiger partial charge in [-0.2, -0.15) is 0 Å². The summed E-state index contributed by atoms with van der Waals surface area (Å²) in [6.45, 7) is 13.7. The summed E-state index contributed by atoms with van der Waals surface area (Å²) in [5.41, 5.74) is 2.10. The highest BCUT2D eigenvalue weighted by Crippen LogP contribution is 2.27. The first-order chi connectivity index (χ1) is 10.4. The van der Waals surface area contributed by atoms with Gasteiger partial charge in [0.15, 0.2) is 0 Å². The lowest BCUT2D eigenvalue weighted by molar-refractivity contribution is -0.160. The van der Waals surface area contributed by atoms with E-state index in [1.807, 2.05) is 40.7 Å². The Morgan fingerprint density at radius 1 is 1.23 bits per heavy atom. The minimum atomic E-state index is -0.401. The van der Waals surface area contributed by atoms with Crippen LogP contribution in [0.25, 0.3) is 0 Å². The van der Waals surface area contributed by atoms with E-state index < -0.39 is 5.60 Å². The largest absolute Gasteiger partial charge is 0.460 e. The highest BCUT2D eigenvalue weighted by Gasteiger charge is 2.30. The molecule has 1 aromatic carbocycles. The molecule has 0 saturated carbocycles. The van der Waals surface area contributed by atoms with E-state index in [1.165, 1.54) is 11.3 Å². The standard InChI is InChI=1S/C17H25NO2.C2H6/c1-13-8-5-6-10-15(13)18-11-7-9-14(12-18)16(19)20-17(2,3)4;1-2/h5-6,8,10,14H,7,9,11-12H2,1-4H3;1-2H3. The second kappa shape index (κ2) is 8.21. The molecule has 3 nitrogen and oxygen atoms in total. The molecule has 1 heterocycles. The molecule has 0 aliphatic carbocycles. The van der Waals surface area contributed by atoms with E-state index in [0.29, 0.717) is 0 Å². The Hall–Kier alpha value is -1.51. The van der Waals surface area contributed by atoms with Crippen molar-refractivity contribution in [3.63, 3.8) is 0 Å². The number of benzene rings is 1. The van der Waals surface area contributed by atoms with Crippen LogP contribution >= 0.6 is 0 Å². The summed E-state index contributed by atoms with van der Waals surface area (Å²) in [5, 5.41) is 0. The summed E-state index contributed by atoms with van der Waals surface area (Å²) in [7, 11) is 0. The minimum absolute atomic E-state index is 0.0115. The van der Waals surface area contributed by atoms with Gasteiger partial charge in [-0.05, 0) is 52.2 Å². The van der Waals surface area contributed by atoms with Gasteiger partial charge in [0, 0.05) is 18.8 Å². The predicted molar refractivity (Wildman–Crippen MR) is 93.3 cm³/mol. The summed E-state index contributed by atoms with van der Waals surface area (Å²) >= 11 is 0. The van der Waals surface area contributed by atoms with Crippen LogP contribution in [0.2, 0.25) is 0 Å². The first kappa shape index (κ1) is 18.5. The van der Waals surface area contributed by atoms with Gasteiger partial charge in [0.2, 0.25) is 0 Å². The van der Waals surface area contributed by atoms with E-state index in [1.54, 1.807) is 0 Å². The van der Waals surface area contributed by atoms with Crippen LogP contribution in [-0.4, -0.2) is 24.7 Å². The molecule has 2 rings (SSSR count). The summed E-state index contributed by atoms with van der Waals surface area (Å²) in [5.74, 6) is -0.0710. The van der Waals surface area contributed by atoms with Crippen LogP contribution in [0.15, 0.2) is 24.3 Å². The number of carbonyl (C=O) groups excluding carboxylic acids is 1. The first-order valence-corrected chi connectivity index (χ1v) is 8.40. The van der Waals surface area contributed by atoms with E-state index in [4.69, 9.17) is 4.74 Å². The van der Waals surface area contributed by atoms with Gasteiger partial charge in [0.05, 0.1) is 5.92 Å². The molecule has 3 heteroatoms. The Morgan fingerprint density at radius 3 is 2.45 bits per heavy atom. The van der Waals surface area contributed by atoms with Crippen molar-refractivity contribution in [2.24, 2.45) is 5.92 Å². The van der Waals surface area contributed by atoms with E-state index in [-0.39, 0.29) is 11.9 Å². The molecule has 0 bridgehead atoms. The second-order valence-electron chi connectivity index (χ2n) is 6.61. The number of aryl methyl sites for hydroxylation is 1. The molecular weight excluding hydrogens is 274 g/mol. The van der Waals surface area contributed by atoms with Gasteiger partial charge in [0.25, 0.3) is 0 Å². The molecule has 124 valence electrons. The predicted octanol–water partition coefficient (Wildman–Crippen LogP) is 4.58. The number of ether oxygens (including phenoxy) is 1. The number of para-hydroxylation sites is 1. The highest BCUT2D eigenvalue weighted by molar-refractivity contribution is 5.74. The van der Waals surface area contributed by atoms with Crippen molar-refractivity contribution >= 4 is 11.7 Å². The molecule has 1 aromatic rings. The lowest BCUT2D eigenvalue weighted by Crippen LogP contribution is -2.41. The number of carbonyl (C=O) groups is 1. The van der Waals surface area contributed by atoms with Gasteiger partial charge >= 0.3 is 5.97 Å². The molecule has 0 N–H and O–H groups in total. The molecule has 0 radical (unpaired) electrons. The fourth-order valence-electron chi connectivity index (χ4n) is 2.69. The SMILES string of the molecule is CC.Cc1ccccc1N1CCCC(C(=O)OC(C)(C)C)C1. The van der Waals surface area contributed by atoms with Crippen LogP contribution < -0.4 is 4.90 Å². The van der Waals surface area contributed by atoms with E-state index in [0.717, 1.165) is 25.9 Å². The summed E-state index contributed by atoms with van der Waals surface area (Å²) in [6, 6.07) is 8.35. The molecule has 1 unspecified atom stereocenters. The maximum Gasteiger partial charge on any atom is 0.311 e. The topological polar surface area (TPSA) is 29.5 Å². The van der Waals surface area contributed by atoms with Gasteiger partial charge in [-0.25, -0.2) is 0 Å². The molecule has 0 aromatic heterocycles. The number of rotatable bonds is 2. The molecule has 22 heavy (non-hydrogen) atoms. The van der Waals surface area contributed by atoms with Crippen LogP contribution in [-0.2, 0) is 9.53 Å². The maximum absolute atomic E-state index is 12.2. The van der Waals surface area contributed by atoms with Crippen LogP contribution in [0.3, 0.4) is 0 Å². The van der Waals surface area contributed by atoms with Crippen LogP contribution in [0.1, 0.15) is 53.0 Å². The first-order valence-electron chi connectivity index (χ1n) is 8.40. The third kappa shape index (κ3) is 5.36. The van der Waals surface area contributed by atoms with E-state index >= 15 is 0 Å². The van der Waals surface area contributed by atoms with Crippen molar-refractivity contribution in [2.75, 3.05) is 18.0 Å². The summed E-state index contributed by atoms with van der Waals surface area (Å²) in [6.07, 6.45) is 1.97. The lowest BCUT2D eigenvalue weighted by atomic mass is 9.96. The van der Waals surface area contributed by atoms with Crippen molar-refractivity contribution in [2.45, 2.75) is 60.0 Å². The minimum Gasteiger partial charge on any atom is -0.460 e. The average molecular weight is 305 g/mol. The molecular formula is C19H31NO2. The molecule has 1 fully saturated rings. The molecule has 1 aliphatic heterocycles. The second-order valence-corrected chi connectivity index (χ2v) is 6.61. The van der Waals surface area contributed by atoms with Crippen molar-refractivity contribution < 1.29 is 9.53 Å². The lowest BCUT2D eigenvalue weighted by Gasteiger charge is -2.35. The maximum atomic E-state index is 12.2. The fourth-order valence-corrected chi connectivity index (χ4v) is 2.69. The summed E-state index contributed by atoms with van der Waals surface area (Å²) in [4.78, 5) is 14.5. The van der Waals surface area contributed by atoms with Crippen molar-refractivity contribution in [1.82, 2.24) is 0 Å². The van der Waals surface area contributed by atoms with Crippen molar-refractivity contribution in [1.29, 1.82) is 0 Å². The van der Waals surface area contributed by atoms with Crippen molar-refractivity contribution in [3.8, 4) is 0 Å². The molecule has 0 amide bonds. The van der Waals surface area contributed by atoms with Crippen LogP contribution in [0.5, 0.6) is 0 Å². The molecule has 1 aliphatic rings. The number of piperidine rings is 1.